The van der Waals surface area contributed by atoms with Crippen LogP contribution in [-0.2, 0) is 9.53 Å². The SMILES string of the molecule is CC1CCC(N(CC2CCCO2)C(=O)C[C@@H]2CCC[C@H]2N)CC1.Cl. The van der Waals surface area contributed by atoms with E-state index in [0.29, 0.717) is 24.3 Å². The first kappa shape index (κ1) is 20.0. The zero-order chi connectivity index (χ0) is 16.2. The quantitative estimate of drug-likeness (QED) is 0.818. The van der Waals surface area contributed by atoms with Crippen LogP contribution in [0.3, 0.4) is 0 Å². The van der Waals surface area contributed by atoms with Crippen LogP contribution in [0, 0.1) is 11.8 Å². The minimum atomic E-state index is 0. The third kappa shape index (κ3) is 5.09. The molecule has 2 aliphatic carbocycles. The van der Waals surface area contributed by atoms with E-state index in [2.05, 4.69) is 11.8 Å². The Labute approximate surface area is 153 Å². The molecule has 0 aromatic heterocycles. The highest BCUT2D eigenvalue weighted by Crippen LogP contribution is 2.31. The van der Waals surface area contributed by atoms with E-state index in [9.17, 15) is 4.79 Å². The lowest BCUT2D eigenvalue weighted by Crippen LogP contribution is -2.47. The molecule has 1 aliphatic heterocycles. The van der Waals surface area contributed by atoms with Gasteiger partial charge in [-0.3, -0.25) is 4.79 Å². The highest BCUT2D eigenvalue weighted by Gasteiger charge is 2.33. The van der Waals surface area contributed by atoms with Gasteiger partial charge in [-0.1, -0.05) is 13.3 Å². The number of carbonyl (C=O) groups is 1. The van der Waals surface area contributed by atoms with Crippen LogP contribution in [0.2, 0.25) is 0 Å². The summed E-state index contributed by atoms with van der Waals surface area (Å²) >= 11 is 0. The van der Waals surface area contributed by atoms with Crippen LogP contribution in [0.15, 0.2) is 0 Å². The molecule has 1 amide bonds. The van der Waals surface area contributed by atoms with Crippen molar-refractivity contribution in [2.24, 2.45) is 17.6 Å². The Kier molecular flexibility index (Phi) is 7.83. The molecular formula is C19H35ClN2O2. The Hall–Kier alpha value is -0.320. The van der Waals surface area contributed by atoms with Crippen LogP contribution in [0.1, 0.15) is 71.1 Å². The maximum atomic E-state index is 13.0. The zero-order valence-electron chi connectivity index (χ0n) is 15.1. The Morgan fingerprint density at radius 2 is 1.83 bits per heavy atom. The minimum Gasteiger partial charge on any atom is -0.376 e. The molecule has 2 saturated carbocycles. The number of carbonyl (C=O) groups excluding carboxylic acids is 1. The molecular weight excluding hydrogens is 324 g/mol. The molecule has 3 fully saturated rings. The Morgan fingerprint density at radius 1 is 1.08 bits per heavy atom. The van der Waals surface area contributed by atoms with Gasteiger partial charge in [-0.25, -0.2) is 0 Å². The van der Waals surface area contributed by atoms with Crippen molar-refractivity contribution in [3.63, 3.8) is 0 Å². The first-order valence-electron chi connectivity index (χ1n) is 9.80. The van der Waals surface area contributed by atoms with Crippen molar-refractivity contribution in [3.05, 3.63) is 0 Å². The van der Waals surface area contributed by atoms with Crippen molar-refractivity contribution in [2.45, 2.75) is 89.3 Å². The van der Waals surface area contributed by atoms with E-state index in [4.69, 9.17) is 10.5 Å². The van der Waals surface area contributed by atoms with Gasteiger partial charge in [0.2, 0.25) is 5.91 Å². The molecule has 0 radical (unpaired) electrons. The molecule has 0 spiro atoms. The normalized spacial score (nSPS) is 36.3. The molecule has 1 saturated heterocycles. The predicted molar refractivity (Wildman–Crippen MR) is 99.3 cm³/mol. The maximum absolute atomic E-state index is 13.0. The summed E-state index contributed by atoms with van der Waals surface area (Å²) in [4.78, 5) is 15.2. The topological polar surface area (TPSA) is 55.6 Å². The molecule has 1 heterocycles. The summed E-state index contributed by atoms with van der Waals surface area (Å²) in [6.07, 6.45) is 11.4. The molecule has 0 bridgehead atoms. The summed E-state index contributed by atoms with van der Waals surface area (Å²) in [6.45, 7) is 4.00. The lowest BCUT2D eigenvalue weighted by Gasteiger charge is -2.38. The van der Waals surface area contributed by atoms with Crippen LogP contribution in [-0.4, -0.2) is 42.1 Å². The van der Waals surface area contributed by atoms with Crippen LogP contribution in [0.4, 0.5) is 0 Å². The molecule has 2 N–H and O–H groups in total. The average molecular weight is 359 g/mol. The van der Waals surface area contributed by atoms with E-state index in [1.807, 2.05) is 0 Å². The van der Waals surface area contributed by atoms with Gasteiger partial charge >= 0.3 is 0 Å². The largest absolute Gasteiger partial charge is 0.376 e. The molecule has 4 nitrogen and oxygen atoms in total. The third-order valence-corrected chi connectivity index (χ3v) is 6.33. The Balaban J connectivity index is 0.00000208. The van der Waals surface area contributed by atoms with Crippen LogP contribution < -0.4 is 5.73 Å². The summed E-state index contributed by atoms with van der Waals surface area (Å²) in [6, 6.07) is 0.662. The number of amides is 1. The van der Waals surface area contributed by atoms with Crippen molar-refractivity contribution in [1.82, 2.24) is 4.90 Å². The van der Waals surface area contributed by atoms with Gasteiger partial charge in [0.25, 0.3) is 0 Å². The van der Waals surface area contributed by atoms with Gasteiger partial charge in [-0.2, -0.15) is 0 Å². The van der Waals surface area contributed by atoms with E-state index in [0.717, 1.165) is 57.6 Å². The first-order chi connectivity index (χ1) is 11.1. The van der Waals surface area contributed by atoms with Gasteiger partial charge in [0, 0.05) is 31.7 Å². The molecule has 3 rings (SSSR count). The Morgan fingerprint density at radius 3 is 2.42 bits per heavy atom. The highest BCUT2D eigenvalue weighted by molar-refractivity contribution is 5.85. The minimum absolute atomic E-state index is 0. The smallest absolute Gasteiger partial charge is 0.223 e. The number of hydrogen-bond acceptors (Lipinski definition) is 3. The van der Waals surface area contributed by atoms with E-state index in [1.54, 1.807) is 0 Å². The average Bonchev–Trinajstić information content (AvgIpc) is 3.18. The fourth-order valence-electron chi connectivity index (χ4n) is 4.68. The number of nitrogens with zero attached hydrogens (tertiary/aromatic N) is 1. The second-order valence-electron chi connectivity index (χ2n) is 8.15. The van der Waals surface area contributed by atoms with Gasteiger partial charge in [-0.05, 0) is 63.2 Å². The molecule has 5 heteroatoms. The molecule has 0 aromatic rings. The summed E-state index contributed by atoms with van der Waals surface area (Å²) in [5.74, 6) is 1.55. The van der Waals surface area contributed by atoms with Crippen LogP contribution >= 0.6 is 12.4 Å². The molecule has 140 valence electrons. The molecule has 1 unspecified atom stereocenters. The zero-order valence-corrected chi connectivity index (χ0v) is 15.9. The van der Waals surface area contributed by atoms with Crippen molar-refractivity contribution >= 4 is 18.3 Å². The fraction of sp³-hybridized carbons (Fsp3) is 0.947. The number of ether oxygens (including phenoxy) is 1. The van der Waals surface area contributed by atoms with Gasteiger partial charge in [-0.15, -0.1) is 12.4 Å². The Bertz CT molecular complexity index is 393. The van der Waals surface area contributed by atoms with Crippen LogP contribution in [0.5, 0.6) is 0 Å². The van der Waals surface area contributed by atoms with Crippen molar-refractivity contribution in [1.29, 1.82) is 0 Å². The molecule has 3 atom stereocenters. The highest BCUT2D eigenvalue weighted by atomic mass is 35.5. The number of nitrogens with two attached hydrogens (primary N) is 1. The second kappa shape index (κ2) is 9.40. The van der Waals surface area contributed by atoms with Gasteiger partial charge in [0.1, 0.15) is 0 Å². The summed E-state index contributed by atoms with van der Waals surface area (Å²) in [5.41, 5.74) is 6.19. The van der Waals surface area contributed by atoms with E-state index >= 15 is 0 Å². The van der Waals surface area contributed by atoms with Crippen molar-refractivity contribution in [3.8, 4) is 0 Å². The van der Waals surface area contributed by atoms with E-state index in [-0.39, 0.29) is 24.6 Å². The van der Waals surface area contributed by atoms with Crippen molar-refractivity contribution < 1.29 is 9.53 Å². The lowest BCUT2D eigenvalue weighted by molar-refractivity contribution is -0.137. The number of halogens is 1. The number of rotatable bonds is 5. The second-order valence-corrected chi connectivity index (χ2v) is 8.15. The molecule has 3 aliphatic rings. The van der Waals surface area contributed by atoms with E-state index < -0.39 is 0 Å². The van der Waals surface area contributed by atoms with Gasteiger partial charge < -0.3 is 15.4 Å². The van der Waals surface area contributed by atoms with Crippen LogP contribution in [0.25, 0.3) is 0 Å². The van der Waals surface area contributed by atoms with Crippen molar-refractivity contribution in [2.75, 3.05) is 13.2 Å². The third-order valence-electron chi connectivity index (χ3n) is 6.33. The van der Waals surface area contributed by atoms with Gasteiger partial charge in [0.05, 0.1) is 6.10 Å². The monoisotopic (exact) mass is 358 g/mol. The molecule has 24 heavy (non-hydrogen) atoms. The standard InChI is InChI=1S/C19H34N2O2.ClH/c1-14-7-9-16(10-8-14)21(13-17-5-3-11-23-17)19(22)12-15-4-2-6-18(15)20;/h14-18H,2-13,20H2,1H3;1H/t14?,15-,16?,17?,18+;/m0./s1. The predicted octanol–water partition coefficient (Wildman–Crippen LogP) is 3.51. The first-order valence-corrected chi connectivity index (χ1v) is 9.80. The lowest BCUT2D eigenvalue weighted by atomic mass is 9.86. The summed E-state index contributed by atoms with van der Waals surface area (Å²) in [7, 11) is 0. The summed E-state index contributed by atoms with van der Waals surface area (Å²) < 4.78 is 5.82. The fourth-order valence-corrected chi connectivity index (χ4v) is 4.68. The number of hydrogen-bond donors (Lipinski definition) is 1. The van der Waals surface area contributed by atoms with Gasteiger partial charge in [0.15, 0.2) is 0 Å². The molecule has 0 aromatic carbocycles. The van der Waals surface area contributed by atoms with E-state index in [1.165, 1.54) is 19.3 Å². The maximum Gasteiger partial charge on any atom is 0.223 e. The summed E-state index contributed by atoms with van der Waals surface area (Å²) in [5, 5.41) is 0.